The number of carbonyl (C=O) groups is 2. The number of nitrogens with zero attached hydrogens (tertiary/aromatic N) is 6. The second-order valence-electron chi connectivity index (χ2n) is 18.0. The van der Waals surface area contributed by atoms with Crippen molar-refractivity contribution in [1.82, 2.24) is 29.5 Å². The fraction of sp³-hybridized carbons (Fsp3) is 0.321. The van der Waals surface area contributed by atoms with Gasteiger partial charge in [-0.2, -0.15) is 5.26 Å². The van der Waals surface area contributed by atoms with E-state index in [1.807, 2.05) is 114 Å². The number of ether oxygens (including phenoxy) is 4. The number of carbonyl (C=O) groups excluding carboxylic acids is 2. The van der Waals surface area contributed by atoms with E-state index in [0.29, 0.717) is 41.2 Å². The fourth-order valence-electron chi connectivity index (χ4n) is 8.98. The lowest BCUT2D eigenvalue weighted by Crippen LogP contribution is -2.39. The van der Waals surface area contributed by atoms with Crippen LogP contribution in [-0.2, 0) is 41.9 Å². The van der Waals surface area contributed by atoms with Crippen LogP contribution in [0.2, 0.25) is 0 Å². The van der Waals surface area contributed by atoms with Crippen LogP contribution in [0.15, 0.2) is 146 Å². The highest BCUT2D eigenvalue weighted by molar-refractivity contribution is 7.44. The third kappa shape index (κ3) is 12.4. The normalized spacial score (nSPS) is 16.1. The number of rotatable bonds is 23. The molecule has 16 nitrogen and oxygen atoms in total. The van der Waals surface area contributed by atoms with E-state index in [1.165, 1.54) is 6.33 Å². The van der Waals surface area contributed by atoms with Crippen molar-refractivity contribution in [1.29, 1.82) is 5.26 Å². The highest BCUT2D eigenvalue weighted by Gasteiger charge is 2.45. The van der Waals surface area contributed by atoms with Crippen LogP contribution in [0.25, 0.3) is 11.2 Å². The third-order valence-electron chi connectivity index (χ3n) is 12.5. The molecule has 8 rings (SSSR count). The first kappa shape index (κ1) is 52.2. The number of nitrogens with one attached hydrogen (secondary N) is 2. The van der Waals surface area contributed by atoms with Crippen LogP contribution >= 0.6 is 8.53 Å². The molecule has 1 fully saturated rings. The van der Waals surface area contributed by atoms with Crippen molar-refractivity contribution < 1.29 is 37.6 Å². The van der Waals surface area contributed by atoms with Crippen molar-refractivity contribution >= 4 is 37.3 Å². The number of imidazole rings is 1. The largest absolute Gasteiger partial charge is 0.497 e. The molecule has 2 aromatic heterocycles. The Bertz CT molecular complexity index is 2880. The lowest BCUT2D eigenvalue weighted by atomic mass is 9.80. The Labute approximate surface area is 427 Å². The average molecular weight is 1010 g/mol. The van der Waals surface area contributed by atoms with Gasteiger partial charge in [0.25, 0.3) is 14.4 Å². The van der Waals surface area contributed by atoms with Crippen LogP contribution in [0.1, 0.15) is 84.9 Å². The molecule has 1 aliphatic heterocycles. The van der Waals surface area contributed by atoms with Crippen LogP contribution in [0.4, 0.5) is 5.82 Å². The Balaban J connectivity index is 1.08. The lowest BCUT2D eigenvalue weighted by Gasteiger charge is -2.39. The Morgan fingerprint density at radius 3 is 2.03 bits per heavy atom. The van der Waals surface area contributed by atoms with Crippen molar-refractivity contribution in [2.24, 2.45) is 0 Å². The summed E-state index contributed by atoms with van der Waals surface area (Å²) in [5, 5.41) is 15.4. The molecule has 1 saturated heterocycles. The summed E-state index contributed by atoms with van der Waals surface area (Å²) in [6.45, 7) is 8.95. The number of hydrogen-bond acceptors (Lipinski definition) is 13. The highest BCUT2D eigenvalue weighted by Crippen LogP contribution is 2.51. The molecule has 1 aliphatic rings. The molecule has 0 radical (unpaired) electrons. The molecule has 17 heteroatoms. The topological polar surface area (TPSA) is 184 Å². The summed E-state index contributed by atoms with van der Waals surface area (Å²) in [5.74, 6) is 1.14. The minimum absolute atomic E-state index is 0.0515. The maximum absolute atomic E-state index is 13.7. The number of nitriles is 1. The molecule has 378 valence electrons. The molecule has 0 saturated carbocycles. The molecule has 7 aromatic rings. The number of methoxy groups -OCH3 is 2. The minimum Gasteiger partial charge on any atom is -0.497 e. The Morgan fingerprint density at radius 1 is 0.808 bits per heavy atom. The Morgan fingerprint density at radius 2 is 1.42 bits per heavy atom. The standard InChI is InChI=1S/C56H61N8O8P/c1-38(2)64(39(3)4)73(70-31-13-30-57)72-48-33-51(71-49(48)35-69-56(43-16-11-8-12-17-43,44-22-26-46(67-5)27-23-44)45-24-28-47(68-6)29-25-45)63-37-61-52-53(59-36-60-54(52)63)62-55(66)42-20-18-41(19-21-42)34-58-50(65)32-40-14-9-7-10-15-40/h7-12,14-29,36-39,48-49,51H,13,31-35H2,1-6H3,(H,58,65)(H,59,60,62,66). The van der Waals surface area contributed by atoms with E-state index in [0.717, 1.165) is 27.8 Å². The van der Waals surface area contributed by atoms with Gasteiger partial charge in [-0.1, -0.05) is 97.1 Å². The van der Waals surface area contributed by atoms with E-state index in [1.54, 1.807) is 44.8 Å². The van der Waals surface area contributed by atoms with Gasteiger partial charge >= 0.3 is 0 Å². The lowest BCUT2D eigenvalue weighted by molar-refractivity contribution is -0.120. The highest BCUT2D eigenvalue weighted by atomic mass is 31.2. The van der Waals surface area contributed by atoms with E-state index >= 15 is 0 Å². The molecular formula is C56H61N8O8P. The first-order valence-electron chi connectivity index (χ1n) is 24.3. The molecule has 2 N–H and O–H groups in total. The molecule has 4 unspecified atom stereocenters. The van der Waals surface area contributed by atoms with Gasteiger partial charge in [0.05, 0.1) is 58.8 Å². The zero-order valence-corrected chi connectivity index (χ0v) is 42.8. The van der Waals surface area contributed by atoms with E-state index in [-0.39, 0.29) is 49.9 Å². The van der Waals surface area contributed by atoms with E-state index in [2.05, 4.69) is 59.0 Å². The average Bonchev–Trinajstić information content (AvgIpc) is 4.03. The molecule has 4 atom stereocenters. The van der Waals surface area contributed by atoms with Crippen LogP contribution in [0.3, 0.4) is 0 Å². The first-order chi connectivity index (χ1) is 35.5. The van der Waals surface area contributed by atoms with Gasteiger partial charge in [0, 0.05) is 30.6 Å². The molecular weight excluding hydrogens is 944 g/mol. The van der Waals surface area contributed by atoms with Gasteiger partial charge in [0.2, 0.25) is 5.91 Å². The molecule has 0 bridgehead atoms. The van der Waals surface area contributed by atoms with Gasteiger partial charge in [0.1, 0.15) is 35.8 Å². The summed E-state index contributed by atoms with van der Waals surface area (Å²) >= 11 is 0. The first-order valence-corrected chi connectivity index (χ1v) is 25.4. The van der Waals surface area contributed by atoms with Crippen molar-refractivity contribution in [3.8, 4) is 17.6 Å². The van der Waals surface area contributed by atoms with Gasteiger partial charge in [-0.3, -0.25) is 14.2 Å². The molecule has 2 amide bonds. The maximum atomic E-state index is 13.7. The van der Waals surface area contributed by atoms with Gasteiger partial charge in [0.15, 0.2) is 17.0 Å². The van der Waals surface area contributed by atoms with E-state index in [9.17, 15) is 14.9 Å². The maximum Gasteiger partial charge on any atom is 0.259 e. The zero-order valence-electron chi connectivity index (χ0n) is 41.9. The second-order valence-corrected chi connectivity index (χ2v) is 19.4. The van der Waals surface area contributed by atoms with Crippen LogP contribution < -0.4 is 20.1 Å². The van der Waals surface area contributed by atoms with Crippen molar-refractivity contribution in [3.63, 3.8) is 0 Å². The van der Waals surface area contributed by atoms with Crippen molar-refractivity contribution in [2.45, 2.75) is 89.6 Å². The predicted molar refractivity (Wildman–Crippen MR) is 279 cm³/mol. The van der Waals surface area contributed by atoms with Crippen molar-refractivity contribution in [3.05, 3.63) is 179 Å². The number of hydrogen-bond donors (Lipinski definition) is 2. The van der Waals surface area contributed by atoms with Crippen molar-refractivity contribution in [2.75, 3.05) is 32.8 Å². The third-order valence-corrected chi connectivity index (χ3v) is 14.7. The molecule has 0 aliphatic carbocycles. The minimum atomic E-state index is -1.70. The van der Waals surface area contributed by atoms with E-state index < -0.39 is 38.5 Å². The SMILES string of the molecule is COc1ccc(C(OCC2OC(n3cnc4c(NC(=O)c5ccc(CNC(=O)Cc6ccccc6)cc5)ncnc43)CC2OP(OCCC#N)N(C(C)C)C(C)C)(c2ccccc2)c2ccc(OC)cc2)cc1. The summed E-state index contributed by atoms with van der Waals surface area (Å²) in [4.78, 5) is 40.0. The summed E-state index contributed by atoms with van der Waals surface area (Å²) < 4.78 is 43.2. The summed E-state index contributed by atoms with van der Waals surface area (Å²) in [5.41, 5.74) is 4.42. The monoisotopic (exact) mass is 1000 g/mol. The molecule has 0 spiro atoms. The van der Waals surface area contributed by atoms with Crippen LogP contribution in [-0.4, -0.2) is 87.7 Å². The molecule has 73 heavy (non-hydrogen) atoms. The van der Waals surface area contributed by atoms with Gasteiger partial charge in [-0.15, -0.1) is 0 Å². The number of anilines is 1. The zero-order chi connectivity index (χ0) is 51.3. The van der Waals surface area contributed by atoms with Gasteiger partial charge in [-0.25, -0.2) is 19.6 Å². The van der Waals surface area contributed by atoms with Gasteiger partial charge in [-0.05, 0) is 91.9 Å². The quantitative estimate of drug-likeness (QED) is 0.0351. The smallest absolute Gasteiger partial charge is 0.259 e. The number of aromatic nitrogens is 4. The second kappa shape index (κ2) is 24.6. The van der Waals surface area contributed by atoms with Crippen LogP contribution in [0, 0.1) is 11.3 Å². The Hall–Kier alpha value is -7.09. The van der Waals surface area contributed by atoms with Gasteiger partial charge < -0.3 is 38.6 Å². The number of amides is 2. The summed E-state index contributed by atoms with van der Waals surface area (Å²) in [6, 6.07) is 44.6. The van der Waals surface area contributed by atoms with Crippen LogP contribution in [0.5, 0.6) is 11.5 Å². The number of fused-ring (bicyclic) bond motifs is 1. The summed E-state index contributed by atoms with van der Waals surface area (Å²) in [6.07, 6.45) is 1.92. The Kier molecular flexibility index (Phi) is 17.6. The fourth-order valence-corrected chi connectivity index (χ4v) is 10.7. The number of benzene rings is 5. The molecule has 3 heterocycles. The summed E-state index contributed by atoms with van der Waals surface area (Å²) in [7, 11) is 1.58. The molecule has 5 aromatic carbocycles. The predicted octanol–water partition coefficient (Wildman–Crippen LogP) is 9.91. The van der Waals surface area contributed by atoms with E-state index in [4.69, 9.17) is 33.0 Å².